The van der Waals surface area contributed by atoms with Gasteiger partial charge in [0.1, 0.15) is 0 Å². The molecule has 0 bridgehead atoms. The van der Waals surface area contributed by atoms with E-state index in [9.17, 15) is 9.59 Å². The molecule has 0 spiro atoms. The Kier molecular flexibility index (Phi) is 2.41. The fourth-order valence-electron chi connectivity index (χ4n) is 2.33. The number of aryl methyl sites for hydroxylation is 1. The minimum atomic E-state index is -1.20. The highest BCUT2D eigenvalue weighted by Gasteiger charge is 2.32. The van der Waals surface area contributed by atoms with Gasteiger partial charge in [-0.05, 0) is 24.6 Å². The average molecular weight is 254 g/mol. The molecule has 94 valence electrons. The highest BCUT2D eigenvalue weighted by atomic mass is 16.4. The molecule has 1 aromatic heterocycles. The van der Waals surface area contributed by atoms with Gasteiger partial charge in [0.15, 0.2) is 11.7 Å². The quantitative estimate of drug-likeness (QED) is 0.790. The van der Waals surface area contributed by atoms with Gasteiger partial charge in [-0.3, -0.25) is 19.6 Å². The lowest BCUT2D eigenvalue weighted by Gasteiger charge is -2.17. The number of benzene rings is 1. The van der Waals surface area contributed by atoms with Gasteiger partial charge in [0, 0.05) is 23.4 Å². The van der Waals surface area contributed by atoms with Crippen molar-refractivity contribution >= 4 is 34.6 Å². The van der Waals surface area contributed by atoms with Crippen LogP contribution in [0.1, 0.15) is 15.9 Å². The number of carbonyl (C=O) groups excluding carboxylic acids is 1. The molecule has 0 fully saturated rings. The van der Waals surface area contributed by atoms with Crippen LogP contribution in [0, 0.1) is 12.8 Å². The number of carboxylic acid groups (broad SMARTS) is 1. The topological polar surface area (TPSA) is 79.6 Å². The zero-order chi connectivity index (χ0) is 13.6. The number of hydrogen-bond acceptors (Lipinski definition) is 4. The van der Waals surface area contributed by atoms with Crippen LogP contribution >= 0.6 is 0 Å². The van der Waals surface area contributed by atoms with Crippen molar-refractivity contribution in [3.05, 3.63) is 35.5 Å². The largest absolute Gasteiger partial charge is 0.480 e. The zero-order valence-corrected chi connectivity index (χ0v) is 10.1. The lowest BCUT2D eigenvalue weighted by molar-refractivity contribution is -0.137. The third-order valence-corrected chi connectivity index (χ3v) is 3.21. The Bertz CT molecular complexity index is 750. The van der Waals surface area contributed by atoms with Crippen molar-refractivity contribution in [2.24, 2.45) is 10.9 Å². The van der Waals surface area contributed by atoms with Crippen molar-refractivity contribution < 1.29 is 14.7 Å². The number of rotatable bonds is 1. The second-order valence-corrected chi connectivity index (χ2v) is 4.45. The Labute approximate surface area is 108 Å². The van der Waals surface area contributed by atoms with Crippen LogP contribution in [-0.4, -0.2) is 28.1 Å². The molecule has 0 radical (unpaired) electrons. The first-order valence-electron chi connectivity index (χ1n) is 5.79. The zero-order valence-electron chi connectivity index (χ0n) is 10.1. The summed E-state index contributed by atoms with van der Waals surface area (Å²) in [5.74, 6) is -2.81. The highest BCUT2D eigenvalue weighted by Crippen LogP contribution is 2.35. The van der Waals surface area contributed by atoms with Gasteiger partial charge in [0.2, 0.25) is 0 Å². The molecule has 1 aliphatic rings. The van der Waals surface area contributed by atoms with E-state index in [-0.39, 0.29) is 0 Å². The maximum absolute atomic E-state index is 12.2. The molecule has 1 N–H and O–H groups in total. The van der Waals surface area contributed by atoms with Gasteiger partial charge in [0.25, 0.3) is 0 Å². The van der Waals surface area contributed by atoms with E-state index in [2.05, 4.69) is 9.98 Å². The number of carboxylic acids is 1. The van der Waals surface area contributed by atoms with Crippen LogP contribution in [0.15, 0.2) is 29.4 Å². The SMILES string of the molecule is Cc1cc2cccnc2c2c1C(=O)C(C(=O)O)C=N2. The fourth-order valence-corrected chi connectivity index (χ4v) is 2.33. The number of pyridine rings is 1. The normalized spacial score (nSPS) is 17.5. The summed E-state index contributed by atoms with van der Waals surface area (Å²) in [6, 6.07) is 5.53. The molecular formula is C14H10N2O3. The number of aromatic nitrogens is 1. The molecule has 0 saturated heterocycles. The number of carbonyl (C=O) groups is 2. The second-order valence-electron chi connectivity index (χ2n) is 4.45. The monoisotopic (exact) mass is 254 g/mol. The first-order chi connectivity index (χ1) is 9.09. The van der Waals surface area contributed by atoms with Crippen molar-refractivity contribution in [2.45, 2.75) is 6.92 Å². The Morgan fingerprint density at radius 1 is 1.42 bits per heavy atom. The first kappa shape index (κ1) is 11.5. The van der Waals surface area contributed by atoms with Crippen molar-refractivity contribution in [1.82, 2.24) is 4.98 Å². The smallest absolute Gasteiger partial charge is 0.319 e. The number of nitrogens with zero attached hydrogens (tertiary/aromatic N) is 2. The van der Waals surface area contributed by atoms with E-state index in [0.717, 1.165) is 10.9 Å². The summed E-state index contributed by atoms with van der Waals surface area (Å²) in [6.45, 7) is 1.78. The molecule has 5 heteroatoms. The first-order valence-corrected chi connectivity index (χ1v) is 5.79. The molecule has 1 unspecified atom stereocenters. The summed E-state index contributed by atoms with van der Waals surface area (Å²) in [5.41, 5.74) is 2.18. The molecule has 2 heterocycles. The maximum atomic E-state index is 12.2. The minimum absolute atomic E-state index is 0.362. The van der Waals surface area contributed by atoms with Gasteiger partial charge < -0.3 is 5.11 Å². The molecule has 1 atom stereocenters. The third-order valence-electron chi connectivity index (χ3n) is 3.21. The van der Waals surface area contributed by atoms with Crippen molar-refractivity contribution in [1.29, 1.82) is 0 Å². The van der Waals surface area contributed by atoms with Gasteiger partial charge in [-0.25, -0.2) is 0 Å². The molecule has 0 aliphatic carbocycles. The Morgan fingerprint density at radius 2 is 2.21 bits per heavy atom. The van der Waals surface area contributed by atoms with E-state index >= 15 is 0 Å². The Balaban J connectivity index is 2.34. The summed E-state index contributed by atoms with van der Waals surface area (Å²) >= 11 is 0. The van der Waals surface area contributed by atoms with E-state index < -0.39 is 17.7 Å². The van der Waals surface area contributed by atoms with Crippen LogP contribution in [-0.2, 0) is 4.79 Å². The number of Topliss-reactive ketones (excluding diaryl/α,β-unsaturated/α-hetero) is 1. The molecule has 3 rings (SSSR count). The third kappa shape index (κ3) is 1.62. The number of ketones is 1. The molecule has 1 aromatic carbocycles. The minimum Gasteiger partial charge on any atom is -0.480 e. The van der Waals surface area contributed by atoms with Crippen LogP contribution in [0.4, 0.5) is 5.69 Å². The lowest BCUT2D eigenvalue weighted by atomic mass is 9.90. The lowest BCUT2D eigenvalue weighted by Crippen LogP contribution is -2.28. The van der Waals surface area contributed by atoms with Gasteiger partial charge in [-0.15, -0.1) is 0 Å². The maximum Gasteiger partial charge on any atom is 0.319 e. The summed E-state index contributed by atoms with van der Waals surface area (Å²) in [6.07, 6.45) is 2.81. The summed E-state index contributed by atoms with van der Waals surface area (Å²) in [7, 11) is 0. The predicted octanol–water partition coefficient (Wildman–Crippen LogP) is 2.14. The Hall–Kier alpha value is -2.56. The summed E-state index contributed by atoms with van der Waals surface area (Å²) in [5, 5.41) is 9.90. The van der Waals surface area contributed by atoms with Gasteiger partial charge in [-0.1, -0.05) is 6.07 Å². The van der Waals surface area contributed by atoms with Gasteiger partial charge >= 0.3 is 5.97 Å². The van der Waals surface area contributed by atoms with Crippen LogP contribution in [0.2, 0.25) is 0 Å². The number of aliphatic imine (C=N–C) groups is 1. The number of fused-ring (bicyclic) bond motifs is 3. The van der Waals surface area contributed by atoms with Crippen LogP contribution in [0.5, 0.6) is 0 Å². The average Bonchev–Trinajstić information content (AvgIpc) is 2.38. The van der Waals surface area contributed by atoms with E-state index in [4.69, 9.17) is 5.11 Å². The highest BCUT2D eigenvalue weighted by molar-refractivity contribution is 6.24. The Morgan fingerprint density at radius 3 is 2.95 bits per heavy atom. The van der Waals surface area contributed by atoms with Crippen LogP contribution < -0.4 is 0 Å². The molecule has 5 nitrogen and oxygen atoms in total. The van der Waals surface area contributed by atoms with Crippen molar-refractivity contribution in [3.63, 3.8) is 0 Å². The van der Waals surface area contributed by atoms with Gasteiger partial charge in [0.05, 0.1) is 11.2 Å². The molecule has 0 amide bonds. The molecule has 19 heavy (non-hydrogen) atoms. The molecular weight excluding hydrogens is 244 g/mol. The van der Waals surface area contributed by atoms with Crippen molar-refractivity contribution in [3.8, 4) is 0 Å². The van der Waals surface area contributed by atoms with E-state index in [1.807, 2.05) is 18.2 Å². The predicted molar refractivity (Wildman–Crippen MR) is 70.1 cm³/mol. The summed E-state index contributed by atoms with van der Waals surface area (Å²) < 4.78 is 0. The standard InChI is InChI=1S/C14H10N2O3/c1-7-5-8-3-2-4-15-11(8)12-10(7)13(17)9(6-16-12)14(18)19/h2-6,9H,1H3,(H,18,19). The van der Waals surface area contributed by atoms with Crippen LogP contribution in [0.3, 0.4) is 0 Å². The number of hydrogen-bond donors (Lipinski definition) is 1. The molecule has 0 saturated carbocycles. The fraction of sp³-hybridized carbons (Fsp3) is 0.143. The van der Waals surface area contributed by atoms with Crippen molar-refractivity contribution in [2.75, 3.05) is 0 Å². The summed E-state index contributed by atoms with van der Waals surface area (Å²) in [4.78, 5) is 31.6. The van der Waals surface area contributed by atoms with Gasteiger partial charge in [-0.2, -0.15) is 0 Å². The van der Waals surface area contributed by atoms with Crippen LogP contribution in [0.25, 0.3) is 10.9 Å². The van der Waals surface area contributed by atoms with E-state index in [0.29, 0.717) is 16.8 Å². The molecule has 2 aromatic rings. The van der Waals surface area contributed by atoms with E-state index in [1.54, 1.807) is 13.1 Å². The molecule has 1 aliphatic heterocycles. The second kappa shape index (κ2) is 3.98. The number of aliphatic carboxylic acids is 1. The van der Waals surface area contributed by atoms with E-state index in [1.165, 1.54) is 6.21 Å².